The quantitative estimate of drug-likeness (QED) is 0.800. The van der Waals surface area contributed by atoms with Crippen molar-refractivity contribution in [3.8, 4) is 5.75 Å². The smallest absolute Gasteiger partial charge is 0.265 e. The Morgan fingerprint density at radius 1 is 1.09 bits per heavy atom. The zero-order chi connectivity index (χ0) is 17.0. The lowest BCUT2D eigenvalue weighted by Gasteiger charge is -2.16. The first-order valence-corrected chi connectivity index (χ1v) is 7.66. The van der Waals surface area contributed by atoms with Gasteiger partial charge >= 0.3 is 0 Å². The minimum Gasteiger partial charge on any atom is -0.479 e. The molecule has 23 heavy (non-hydrogen) atoms. The van der Waals surface area contributed by atoms with E-state index < -0.39 is 6.10 Å². The van der Waals surface area contributed by atoms with Crippen molar-refractivity contribution in [3.05, 3.63) is 58.1 Å². The number of Topliss-reactive ketones (excluding diaryl/α,β-unsaturated/α-hetero) is 1. The summed E-state index contributed by atoms with van der Waals surface area (Å²) in [5.74, 6) is -0.0273. The second-order valence-electron chi connectivity index (χ2n) is 4.96. The predicted octanol–water partition coefficient (Wildman–Crippen LogP) is 4.60. The maximum Gasteiger partial charge on any atom is 0.265 e. The highest BCUT2D eigenvalue weighted by Gasteiger charge is 2.16. The van der Waals surface area contributed by atoms with Crippen LogP contribution >= 0.6 is 23.2 Å². The van der Waals surface area contributed by atoms with Gasteiger partial charge in [-0.05, 0) is 50.2 Å². The van der Waals surface area contributed by atoms with Crippen LogP contribution in [-0.4, -0.2) is 17.8 Å². The fourth-order valence-electron chi connectivity index (χ4n) is 1.84. The lowest BCUT2D eigenvalue weighted by atomic mass is 10.1. The van der Waals surface area contributed by atoms with Crippen LogP contribution in [0.5, 0.6) is 5.75 Å². The third-order valence-corrected chi connectivity index (χ3v) is 3.67. The van der Waals surface area contributed by atoms with Gasteiger partial charge in [-0.3, -0.25) is 9.59 Å². The fourth-order valence-corrected chi connectivity index (χ4v) is 2.17. The molecule has 1 unspecified atom stereocenters. The van der Waals surface area contributed by atoms with E-state index in [1.165, 1.54) is 6.92 Å². The van der Waals surface area contributed by atoms with Gasteiger partial charge in [0, 0.05) is 22.3 Å². The van der Waals surface area contributed by atoms with E-state index >= 15 is 0 Å². The van der Waals surface area contributed by atoms with E-state index in [9.17, 15) is 9.59 Å². The first-order chi connectivity index (χ1) is 10.9. The first kappa shape index (κ1) is 17.3. The lowest BCUT2D eigenvalue weighted by Crippen LogP contribution is -2.30. The summed E-state index contributed by atoms with van der Waals surface area (Å²) >= 11 is 11.9. The van der Waals surface area contributed by atoms with Gasteiger partial charge in [0.15, 0.2) is 11.9 Å². The van der Waals surface area contributed by atoms with Crippen molar-refractivity contribution in [2.24, 2.45) is 0 Å². The van der Waals surface area contributed by atoms with Crippen LogP contribution in [0.2, 0.25) is 10.0 Å². The van der Waals surface area contributed by atoms with Crippen molar-refractivity contribution in [2.45, 2.75) is 20.0 Å². The number of amides is 1. The van der Waals surface area contributed by atoms with Gasteiger partial charge in [0.1, 0.15) is 5.75 Å². The third-order valence-electron chi connectivity index (χ3n) is 3.13. The Kier molecular flexibility index (Phi) is 5.64. The van der Waals surface area contributed by atoms with E-state index in [2.05, 4.69) is 5.32 Å². The molecule has 6 heteroatoms. The van der Waals surface area contributed by atoms with E-state index in [4.69, 9.17) is 27.9 Å². The molecule has 1 amide bonds. The van der Waals surface area contributed by atoms with E-state index in [1.807, 2.05) is 0 Å². The molecule has 0 saturated carbocycles. The number of benzene rings is 2. The summed E-state index contributed by atoms with van der Waals surface area (Å²) in [5.41, 5.74) is 1.16. The van der Waals surface area contributed by atoms with Gasteiger partial charge in [0.2, 0.25) is 0 Å². The number of ketones is 1. The topological polar surface area (TPSA) is 55.4 Å². The number of rotatable bonds is 5. The highest BCUT2D eigenvalue weighted by molar-refractivity contribution is 6.34. The van der Waals surface area contributed by atoms with Crippen LogP contribution in [0.25, 0.3) is 0 Å². The molecule has 2 rings (SSSR count). The van der Waals surface area contributed by atoms with Crippen molar-refractivity contribution in [1.29, 1.82) is 0 Å². The van der Waals surface area contributed by atoms with Gasteiger partial charge in [-0.2, -0.15) is 0 Å². The van der Waals surface area contributed by atoms with Crippen molar-refractivity contribution in [3.63, 3.8) is 0 Å². The van der Waals surface area contributed by atoms with E-state index in [-0.39, 0.29) is 11.7 Å². The summed E-state index contributed by atoms with van der Waals surface area (Å²) in [6.45, 7) is 3.09. The predicted molar refractivity (Wildman–Crippen MR) is 91.6 cm³/mol. The monoisotopic (exact) mass is 351 g/mol. The molecule has 0 aromatic heterocycles. The summed E-state index contributed by atoms with van der Waals surface area (Å²) in [7, 11) is 0. The normalized spacial score (nSPS) is 11.7. The largest absolute Gasteiger partial charge is 0.479 e. The van der Waals surface area contributed by atoms with Crippen LogP contribution in [0.3, 0.4) is 0 Å². The maximum absolute atomic E-state index is 12.2. The molecule has 0 heterocycles. The molecule has 120 valence electrons. The Balaban J connectivity index is 2.02. The first-order valence-electron chi connectivity index (χ1n) is 6.90. The second kappa shape index (κ2) is 7.49. The molecule has 2 aromatic rings. The van der Waals surface area contributed by atoms with Crippen molar-refractivity contribution >= 4 is 40.6 Å². The highest BCUT2D eigenvalue weighted by atomic mass is 35.5. The second-order valence-corrected chi connectivity index (χ2v) is 5.80. The van der Waals surface area contributed by atoms with E-state index in [1.54, 1.807) is 49.4 Å². The molecule has 1 N–H and O–H groups in total. The van der Waals surface area contributed by atoms with Crippen molar-refractivity contribution < 1.29 is 14.3 Å². The van der Waals surface area contributed by atoms with Crippen LogP contribution in [0.15, 0.2) is 42.5 Å². The number of halogens is 2. The van der Waals surface area contributed by atoms with Crippen LogP contribution in [-0.2, 0) is 4.79 Å². The Labute approximate surface area is 144 Å². The van der Waals surface area contributed by atoms with Crippen LogP contribution in [0.4, 0.5) is 5.69 Å². The fraction of sp³-hybridized carbons (Fsp3) is 0.176. The average molecular weight is 352 g/mol. The molecule has 0 saturated heterocycles. The van der Waals surface area contributed by atoms with Gasteiger partial charge in [-0.15, -0.1) is 0 Å². The molecule has 0 fully saturated rings. The van der Waals surface area contributed by atoms with Crippen molar-refractivity contribution in [2.75, 3.05) is 5.32 Å². The van der Waals surface area contributed by atoms with Crippen molar-refractivity contribution in [1.82, 2.24) is 0 Å². The number of hydrogen-bond donors (Lipinski definition) is 1. The summed E-state index contributed by atoms with van der Waals surface area (Å²) in [5, 5.41) is 3.56. The molecule has 4 nitrogen and oxygen atoms in total. The van der Waals surface area contributed by atoms with Gasteiger partial charge in [-0.25, -0.2) is 0 Å². The SMILES string of the molecule is CC(=O)c1ccc(NC(=O)C(C)Oc2cc(Cl)ccc2Cl)cc1. The number of carbonyl (C=O) groups excluding carboxylic acids is 2. The third kappa shape index (κ3) is 4.71. The minimum absolute atomic E-state index is 0.0322. The standard InChI is InChI=1S/C17H15Cl2NO3/c1-10(21)12-3-6-14(7-4-12)20-17(22)11(2)23-16-9-13(18)5-8-15(16)19/h3-9,11H,1-2H3,(H,20,22). The van der Waals surface area contributed by atoms with E-state index in [0.29, 0.717) is 27.0 Å². The lowest BCUT2D eigenvalue weighted by molar-refractivity contribution is -0.122. The van der Waals surface area contributed by atoms with Gasteiger partial charge in [0.05, 0.1) is 5.02 Å². The summed E-state index contributed by atoms with van der Waals surface area (Å²) in [6.07, 6.45) is -0.765. The molecule has 0 spiro atoms. The Morgan fingerprint density at radius 2 is 1.74 bits per heavy atom. The number of hydrogen-bond acceptors (Lipinski definition) is 3. The number of nitrogens with one attached hydrogen (secondary N) is 1. The maximum atomic E-state index is 12.2. The highest BCUT2D eigenvalue weighted by Crippen LogP contribution is 2.28. The van der Waals surface area contributed by atoms with Gasteiger partial charge in [-0.1, -0.05) is 23.2 Å². The molecule has 0 bridgehead atoms. The Hall–Kier alpha value is -2.04. The van der Waals surface area contributed by atoms with Crippen LogP contribution in [0, 0.1) is 0 Å². The molecule has 2 aromatic carbocycles. The van der Waals surface area contributed by atoms with Gasteiger partial charge < -0.3 is 10.1 Å². The molecule has 1 atom stereocenters. The summed E-state index contributed by atoms with van der Waals surface area (Å²) in [6, 6.07) is 11.4. The zero-order valence-electron chi connectivity index (χ0n) is 12.6. The Bertz CT molecular complexity index is 729. The van der Waals surface area contributed by atoms with Crippen LogP contribution in [0.1, 0.15) is 24.2 Å². The number of ether oxygens (including phenoxy) is 1. The average Bonchev–Trinajstić information content (AvgIpc) is 2.51. The molecule has 0 aliphatic rings. The van der Waals surface area contributed by atoms with Gasteiger partial charge in [0.25, 0.3) is 5.91 Å². The Morgan fingerprint density at radius 3 is 2.35 bits per heavy atom. The van der Waals surface area contributed by atoms with E-state index in [0.717, 1.165) is 0 Å². The molecule has 0 aliphatic carbocycles. The molecule has 0 aliphatic heterocycles. The molecular weight excluding hydrogens is 337 g/mol. The molecule has 0 radical (unpaired) electrons. The minimum atomic E-state index is -0.765. The number of carbonyl (C=O) groups is 2. The molecular formula is C17H15Cl2NO3. The summed E-state index contributed by atoms with van der Waals surface area (Å²) < 4.78 is 5.54. The zero-order valence-corrected chi connectivity index (χ0v) is 14.1. The van der Waals surface area contributed by atoms with Crippen LogP contribution < -0.4 is 10.1 Å². The summed E-state index contributed by atoms with van der Waals surface area (Å²) in [4.78, 5) is 23.4. The number of anilines is 1.